The van der Waals surface area contributed by atoms with Gasteiger partial charge in [0.2, 0.25) is 0 Å². The van der Waals surface area contributed by atoms with Gasteiger partial charge in [0.15, 0.2) is 6.10 Å². The second-order valence-corrected chi connectivity index (χ2v) is 18.0. The molecule has 1 unspecified atom stereocenters. The highest BCUT2D eigenvalue weighted by atomic mass is 16.6. The van der Waals surface area contributed by atoms with Crippen molar-refractivity contribution in [2.45, 2.75) is 219 Å². The zero-order valence-electron chi connectivity index (χ0n) is 46.1. The molecule has 0 amide bonds. The highest BCUT2D eigenvalue weighted by molar-refractivity contribution is 5.70. The Morgan fingerprint density at radius 3 is 0.931 bits per heavy atom. The van der Waals surface area contributed by atoms with Crippen molar-refractivity contribution < 1.29 is 23.8 Å². The van der Waals surface area contributed by atoms with Gasteiger partial charge in [-0.3, -0.25) is 9.59 Å². The van der Waals surface area contributed by atoms with Crippen molar-refractivity contribution in [1.82, 2.24) is 0 Å². The summed E-state index contributed by atoms with van der Waals surface area (Å²) in [6.07, 6.45) is 91.0. The van der Waals surface area contributed by atoms with Crippen LogP contribution in [-0.2, 0) is 23.8 Å². The van der Waals surface area contributed by atoms with Crippen molar-refractivity contribution >= 4 is 11.9 Å². The van der Waals surface area contributed by atoms with E-state index in [1.54, 1.807) is 0 Å². The Kier molecular flexibility index (Phi) is 56.6. The number of allylic oxidation sites excluding steroid dienone is 28. The van der Waals surface area contributed by atoms with Crippen LogP contribution < -0.4 is 0 Å². The van der Waals surface area contributed by atoms with Crippen LogP contribution in [0.2, 0.25) is 0 Å². The summed E-state index contributed by atoms with van der Waals surface area (Å²) in [5.74, 6) is -0.486. The molecule has 0 fully saturated rings. The van der Waals surface area contributed by atoms with Crippen LogP contribution in [0, 0.1) is 0 Å². The molecule has 5 heteroatoms. The van der Waals surface area contributed by atoms with Gasteiger partial charge in [-0.25, -0.2) is 0 Å². The zero-order valence-corrected chi connectivity index (χ0v) is 46.1. The van der Waals surface area contributed by atoms with Crippen molar-refractivity contribution in [2.75, 3.05) is 19.8 Å². The van der Waals surface area contributed by atoms with Gasteiger partial charge in [0.25, 0.3) is 0 Å². The molecular weight excluding hydrogens is 885 g/mol. The number of hydrogen-bond donors (Lipinski definition) is 0. The molecule has 0 saturated heterocycles. The number of carbonyl (C=O) groups excluding carboxylic acids is 2. The second kappa shape index (κ2) is 60.6. The molecule has 402 valence electrons. The monoisotopic (exact) mass is 989 g/mol. The Hall–Kier alpha value is -4.74. The third-order valence-corrected chi connectivity index (χ3v) is 11.2. The average molecular weight is 990 g/mol. The molecule has 0 aromatic rings. The molecule has 0 aromatic carbocycles. The van der Waals surface area contributed by atoms with E-state index >= 15 is 0 Å². The maximum atomic E-state index is 12.9. The third kappa shape index (κ3) is 57.8. The molecule has 0 N–H and O–H groups in total. The van der Waals surface area contributed by atoms with Gasteiger partial charge < -0.3 is 14.2 Å². The van der Waals surface area contributed by atoms with Gasteiger partial charge in [-0.05, 0) is 141 Å². The third-order valence-electron chi connectivity index (χ3n) is 11.2. The van der Waals surface area contributed by atoms with Crippen LogP contribution in [-0.4, -0.2) is 37.9 Å². The minimum atomic E-state index is -0.601. The fourth-order valence-electron chi connectivity index (χ4n) is 7.10. The van der Waals surface area contributed by atoms with E-state index in [0.29, 0.717) is 19.4 Å². The van der Waals surface area contributed by atoms with Gasteiger partial charge in [-0.1, -0.05) is 229 Å². The maximum Gasteiger partial charge on any atom is 0.306 e. The molecular formula is C67H104O5. The van der Waals surface area contributed by atoms with Gasteiger partial charge in [0, 0.05) is 19.4 Å². The van der Waals surface area contributed by atoms with Crippen LogP contribution in [0.25, 0.3) is 0 Å². The molecule has 0 saturated carbocycles. The molecule has 0 heterocycles. The molecule has 0 aliphatic carbocycles. The van der Waals surface area contributed by atoms with Gasteiger partial charge in [-0.15, -0.1) is 0 Å². The lowest BCUT2D eigenvalue weighted by atomic mass is 10.1. The topological polar surface area (TPSA) is 61.8 Å². The molecule has 0 aliphatic heterocycles. The fraction of sp³-hybridized carbons (Fsp3) is 0.552. The Morgan fingerprint density at radius 2 is 0.583 bits per heavy atom. The molecule has 0 aliphatic rings. The van der Waals surface area contributed by atoms with E-state index in [2.05, 4.69) is 191 Å². The zero-order chi connectivity index (χ0) is 52.0. The number of ether oxygens (including phenoxy) is 3. The summed E-state index contributed by atoms with van der Waals surface area (Å²) in [6, 6.07) is 0. The second-order valence-electron chi connectivity index (χ2n) is 18.0. The maximum absolute atomic E-state index is 12.9. The van der Waals surface area contributed by atoms with E-state index in [4.69, 9.17) is 14.2 Å². The minimum absolute atomic E-state index is 0.0316. The SMILES string of the molecule is CC/C=C\C/C=C\C/C=C\C/C=C\C/C=C\C/C=C\CCCOCC(COC(=O)CCCCCCCC/C=C\C/C=C\C/C=C\C/C=C\CC)OC(=O)CCCCCC/C=C\C/C=C\C/C=C\C/C=C\CC. The van der Waals surface area contributed by atoms with E-state index in [1.807, 2.05) is 0 Å². The van der Waals surface area contributed by atoms with Crippen LogP contribution in [0.1, 0.15) is 213 Å². The van der Waals surface area contributed by atoms with E-state index in [-0.39, 0.29) is 25.2 Å². The minimum Gasteiger partial charge on any atom is -0.462 e. The highest BCUT2D eigenvalue weighted by Gasteiger charge is 2.17. The summed E-state index contributed by atoms with van der Waals surface area (Å²) in [6.45, 7) is 7.28. The quantitative estimate of drug-likeness (QED) is 0.0345. The highest BCUT2D eigenvalue weighted by Crippen LogP contribution is 2.12. The lowest BCUT2D eigenvalue weighted by Gasteiger charge is -2.18. The van der Waals surface area contributed by atoms with Crippen LogP contribution in [0.4, 0.5) is 0 Å². The first-order valence-electron chi connectivity index (χ1n) is 28.7. The molecule has 1 atom stereocenters. The normalized spacial score (nSPS) is 13.5. The van der Waals surface area contributed by atoms with E-state index in [9.17, 15) is 9.59 Å². The van der Waals surface area contributed by atoms with Crippen molar-refractivity contribution in [3.05, 3.63) is 170 Å². The van der Waals surface area contributed by atoms with Crippen LogP contribution in [0.5, 0.6) is 0 Å². The molecule has 0 spiro atoms. The van der Waals surface area contributed by atoms with Crippen molar-refractivity contribution in [3.8, 4) is 0 Å². The summed E-state index contributed by atoms with van der Waals surface area (Å²) >= 11 is 0. The van der Waals surface area contributed by atoms with Gasteiger partial charge in [0.05, 0.1) is 6.61 Å². The van der Waals surface area contributed by atoms with E-state index in [1.165, 1.54) is 19.3 Å². The fourth-order valence-corrected chi connectivity index (χ4v) is 7.10. The Morgan fingerprint density at radius 1 is 0.306 bits per heavy atom. The summed E-state index contributed by atoms with van der Waals surface area (Å²) in [4.78, 5) is 25.5. The first kappa shape index (κ1) is 67.3. The molecule has 5 nitrogen and oxygen atoms in total. The number of carbonyl (C=O) groups is 2. The molecule has 0 aromatic heterocycles. The molecule has 72 heavy (non-hydrogen) atoms. The van der Waals surface area contributed by atoms with Crippen molar-refractivity contribution in [2.24, 2.45) is 0 Å². The number of esters is 2. The summed E-state index contributed by atoms with van der Waals surface area (Å²) in [5, 5.41) is 0. The smallest absolute Gasteiger partial charge is 0.306 e. The van der Waals surface area contributed by atoms with Crippen LogP contribution in [0.3, 0.4) is 0 Å². The number of hydrogen-bond acceptors (Lipinski definition) is 5. The van der Waals surface area contributed by atoms with Crippen molar-refractivity contribution in [3.63, 3.8) is 0 Å². The molecule has 0 radical (unpaired) electrons. The van der Waals surface area contributed by atoms with Gasteiger partial charge in [-0.2, -0.15) is 0 Å². The standard InChI is InChI=1S/C67H104O5/c1-4-7-10-13-16-19-22-25-28-31-33-35-38-41-44-47-50-53-56-59-62-70-63-65(72-67(69)61-58-55-52-49-46-43-40-36-30-27-24-21-18-15-12-9-6-3)64-71-66(68)60-57-54-51-48-45-42-39-37-34-32-29-26-23-20-17-14-11-8-5-2/h7-12,16-21,25-30,33-35,37,40-41,43-44,50,53,65H,4-6,13-15,22-24,31-32,36,38-39,42,45-49,51-52,54-64H2,1-3H3/b10-7-,11-8-,12-9-,19-16-,20-17-,21-18-,28-25-,29-26-,30-27-,35-33-,37-34-,43-40-,44-41-,53-50-. The molecule has 0 bridgehead atoms. The van der Waals surface area contributed by atoms with Gasteiger partial charge >= 0.3 is 11.9 Å². The summed E-state index contributed by atoms with van der Waals surface area (Å²) in [7, 11) is 0. The number of rotatable bonds is 50. The van der Waals surface area contributed by atoms with Gasteiger partial charge in [0.1, 0.15) is 6.61 Å². The first-order valence-corrected chi connectivity index (χ1v) is 28.7. The average Bonchev–Trinajstić information content (AvgIpc) is 3.38. The van der Waals surface area contributed by atoms with Crippen LogP contribution in [0.15, 0.2) is 170 Å². The van der Waals surface area contributed by atoms with Crippen molar-refractivity contribution in [1.29, 1.82) is 0 Å². The lowest BCUT2D eigenvalue weighted by Crippen LogP contribution is -2.30. The Bertz CT molecular complexity index is 1640. The number of unbranched alkanes of at least 4 members (excludes halogenated alkanes) is 11. The summed E-state index contributed by atoms with van der Waals surface area (Å²) < 4.78 is 17.4. The Balaban J connectivity index is 4.50. The first-order chi connectivity index (χ1) is 35.6. The predicted molar refractivity (Wildman–Crippen MR) is 315 cm³/mol. The predicted octanol–water partition coefficient (Wildman–Crippen LogP) is 20.0. The van der Waals surface area contributed by atoms with E-state index < -0.39 is 6.10 Å². The lowest BCUT2D eigenvalue weighted by molar-refractivity contribution is -0.163. The largest absolute Gasteiger partial charge is 0.462 e. The summed E-state index contributed by atoms with van der Waals surface area (Å²) in [5.41, 5.74) is 0. The van der Waals surface area contributed by atoms with E-state index in [0.717, 1.165) is 161 Å². The Labute approximate surface area is 443 Å². The molecule has 0 rings (SSSR count). The van der Waals surface area contributed by atoms with Crippen LogP contribution >= 0.6 is 0 Å².